The average Bonchev–Trinajstić information content (AvgIpc) is 2.79. The number of ether oxygens (including phenoxy) is 2. The van der Waals surface area contributed by atoms with Gasteiger partial charge in [-0.05, 0) is 31.6 Å². The fraction of sp³-hybridized carbons (Fsp3) is 1.00. The van der Waals surface area contributed by atoms with Gasteiger partial charge in [-0.15, -0.1) is 0 Å². The highest BCUT2D eigenvalue weighted by Crippen LogP contribution is 2.37. The van der Waals surface area contributed by atoms with E-state index in [4.69, 9.17) is 9.47 Å². The van der Waals surface area contributed by atoms with E-state index in [9.17, 15) is 0 Å². The van der Waals surface area contributed by atoms with Gasteiger partial charge in [-0.25, -0.2) is 0 Å². The third-order valence-corrected chi connectivity index (χ3v) is 5.28. The topological polar surface area (TPSA) is 18.5 Å². The highest BCUT2D eigenvalue weighted by atomic mass is 127. The molecule has 1 saturated heterocycles. The van der Waals surface area contributed by atoms with E-state index >= 15 is 0 Å². The van der Waals surface area contributed by atoms with Crippen molar-refractivity contribution in [2.75, 3.05) is 17.6 Å². The van der Waals surface area contributed by atoms with Crippen LogP contribution in [0.1, 0.15) is 45.4 Å². The molecule has 16 heavy (non-hydrogen) atoms. The summed E-state index contributed by atoms with van der Waals surface area (Å²) >= 11 is 2.49. The maximum Gasteiger partial charge on any atom is 0.0809 e. The second-order valence-corrected chi connectivity index (χ2v) is 6.23. The van der Waals surface area contributed by atoms with Gasteiger partial charge in [0.25, 0.3) is 0 Å². The monoisotopic (exact) mass is 338 g/mol. The number of halogens is 1. The zero-order valence-corrected chi connectivity index (χ0v) is 12.4. The minimum absolute atomic E-state index is 0.157. The van der Waals surface area contributed by atoms with E-state index < -0.39 is 0 Å². The van der Waals surface area contributed by atoms with Crippen molar-refractivity contribution in [3.63, 3.8) is 0 Å². The summed E-state index contributed by atoms with van der Waals surface area (Å²) in [5.74, 6) is 0.827. The Morgan fingerprint density at radius 3 is 2.88 bits per heavy atom. The lowest BCUT2D eigenvalue weighted by atomic mass is 9.80. The zero-order valence-electron chi connectivity index (χ0n) is 10.2. The second kappa shape index (κ2) is 6.01. The Morgan fingerprint density at radius 2 is 2.25 bits per heavy atom. The Morgan fingerprint density at radius 1 is 1.38 bits per heavy atom. The first-order valence-electron chi connectivity index (χ1n) is 6.56. The summed E-state index contributed by atoms with van der Waals surface area (Å²) in [4.78, 5) is 0. The summed E-state index contributed by atoms with van der Waals surface area (Å²) in [5, 5.41) is 0. The van der Waals surface area contributed by atoms with E-state index in [-0.39, 0.29) is 5.60 Å². The van der Waals surface area contributed by atoms with Crippen molar-refractivity contribution < 1.29 is 9.47 Å². The van der Waals surface area contributed by atoms with Crippen molar-refractivity contribution in [2.45, 2.75) is 57.2 Å². The van der Waals surface area contributed by atoms with Crippen LogP contribution in [0.25, 0.3) is 0 Å². The van der Waals surface area contributed by atoms with E-state index in [1.807, 2.05) is 0 Å². The molecule has 0 spiro atoms. The molecule has 3 unspecified atom stereocenters. The normalized spacial score (nSPS) is 40.1. The summed E-state index contributed by atoms with van der Waals surface area (Å²) in [7, 11) is 0. The van der Waals surface area contributed by atoms with E-state index in [1.54, 1.807) is 0 Å². The van der Waals surface area contributed by atoms with Crippen molar-refractivity contribution >= 4 is 22.6 Å². The molecule has 0 aromatic carbocycles. The molecule has 1 aliphatic carbocycles. The highest BCUT2D eigenvalue weighted by molar-refractivity contribution is 14.1. The van der Waals surface area contributed by atoms with Gasteiger partial charge in [0, 0.05) is 11.0 Å². The number of alkyl halides is 1. The lowest BCUT2D eigenvalue weighted by molar-refractivity contribution is -0.0946. The summed E-state index contributed by atoms with van der Waals surface area (Å²) in [6, 6.07) is 0. The van der Waals surface area contributed by atoms with E-state index in [1.165, 1.54) is 38.5 Å². The summed E-state index contributed by atoms with van der Waals surface area (Å²) in [6.07, 6.45) is 7.96. The zero-order chi connectivity index (χ0) is 11.4. The van der Waals surface area contributed by atoms with Crippen molar-refractivity contribution in [2.24, 2.45) is 5.92 Å². The van der Waals surface area contributed by atoms with Crippen molar-refractivity contribution in [1.29, 1.82) is 0 Å². The first kappa shape index (κ1) is 13.1. The fourth-order valence-electron chi connectivity index (χ4n) is 2.95. The summed E-state index contributed by atoms with van der Waals surface area (Å²) < 4.78 is 13.0. The number of hydrogen-bond acceptors (Lipinski definition) is 2. The van der Waals surface area contributed by atoms with Gasteiger partial charge in [0.15, 0.2) is 0 Å². The lowest BCUT2D eigenvalue weighted by Gasteiger charge is -2.39. The highest BCUT2D eigenvalue weighted by Gasteiger charge is 2.35. The Hall–Kier alpha value is 0.650. The van der Waals surface area contributed by atoms with Crippen LogP contribution < -0.4 is 0 Å². The van der Waals surface area contributed by atoms with Crippen LogP contribution in [-0.2, 0) is 9.47 Å². The van der Waals surface area contributed by atoms with Crippen LogP contribution in [0.4, 0.5) is 0 Å². The molecule has 0 N–H and O–H groups in total. The summed E-state index contributed by atoms with van der Waals surface area (Å²) in [6.45, 7) is 4.10. The lowest BCUT2D eigenvalue weighted by Crippen LogP contribution is -2.41. The predicted molar refractivity (Wildman–Crippen MR) is 74.2 cm³/mol. The van der Waals surface area contributed by atoms with Crippen LogP contribution in [-0.4, -0.2) is 29.3 Å². The van der Waals surface area contributed by atoms with Gasteiger partial charge in [-0.1, -0.05) is 42.4 Å². The van der Waals surface area contributed by atoms with Gasteiger partial charge in [-0.2, -0.15) is 0 Å². The van der Waals surface area contributed by atoms with Gasteiger partial charge >= 0.3 is 0 Å². The Labute approximate surface area is 113 Å². The first-order valence-corrected chi connectivity index (χ1v) is 8.08. The van der Waals surface area contributed by atoms with Gasteiger partial charge in [-0.3, -0.25) is 0 Å². The van der Waals surface area contributed by atoms with Crippen LogP contribution in [0.3, 0.4) is 0 Å². The van der Waals surface area contributed by atoms with Gasteiger partial charge in [0.2, 0.25) is 0 Å². The minimum Gasteiger partial charge on any atom is -0.376 e. The summed E-state index contributed by atoms with van der Waals surface area (Å²) in [5.41, 5.74) is 0.157. The van der Waals surface area contributed by atoms with Gasteiger partial charge in [0.05, 0.1) is 18.3 Å². The molecule has 0 radical (unpaired) electrons. The Balaban J connectivity index is 1.83. The van der Waals surface area contributed by atoms with Crippen LogP contribution in [0, 0.1) is 5.92 Å². The molecule has 1 heterocycles. The first-order chi connectivity index (χ1) is 7.74. The van der Waals surface area contributed by atoms with Crippen molar-refractivity contribution in [3.05, 3.63) is 0 Å². The Bertz CT molecular complexity index is 216. The van der Waals surface area contributed by atoms with Crippen molar-refractivity contribution in [3.8, 4) is 0 Å². The van der Waals surface area contributed by atoms with Crippen LogP contribution in [0.15, 0.2) is 0 Å². The molecule has 2 fully saturated rings. The molecule has 1 saturated carbocycles. The molecule has 2 aliphatic rings. The van der Waals surface area contributed by atoms with Crippen molar-refractivity contribution in [1.82, 2.24) is 0 Å². The maximum absolute atomic E-state index is 6.24. The van der Waals surface area contributed by atoms with Gasteiger partial charge < -0.3 is 9.47 Å². The van der Waals surface area contributed by atoms with E-state index in [0.29, 0.717) is 6.10 Å². The molecule has 2 rings (SSSR count). The molecular weight excluding hydrogens is 315 g/mol. The molecule has 94 valence electrons. The Kier molecular flexibility index (Phi) is 4.91. The molecule has 3 atom stereocenters. The molecule has 3 heteroatoms. The molecule has 0 aromatic rings. The SMILES string of the molecule is CC1CCCC(CI)(OCC2CCCO2)C1. The smallest absolute Gasteiger partial charge is 0.0809 e. The quantitative estimate of drug-likeness (QED) is 0.576. The van der Waals surface area contributed by atoms with Crippen LogP contribution >= 0.6 is 22.6 Å². The number of rotatable bonds is 4. The minimum atomic E-state index is 0.157. The predicted octanol–water partition coefficient (Wildman–Crippen LogP) is 3.57. The fourth-order valence-corrected chi connectivity index (χ4v) is 3.86. The third-order valence-electron chi connectivity index (χ3n) is 3.89. The molecule has 0 amide bonds. The van der Waals surface area contributed by atoms with E-state index in [2.05, 4.69) is 29.5 Å². The van der Waals surface area contributed by atoms with Crippen LogP contribution in [0.2, 0.25) is 0 Å². The number of hydrogen-bond donors (Lipinski definition) is 0. The molecule has 2 nitrogen and oxygen atoms in total. The largest absolute Gasteiger partial charge is 0.376 e. The average molecular weight is 338 g/mol. The standard InChI is InChI=1S/C13H23IO2/c1-11-4-2-6-13(8-11,10-14)16-9-12-5-3-7-15-12/h11-12H,2-10H2,1H3. The molecule has 0 aromatic heterocycles. The second-order valence-electron chi connectivity index (χ2n) is 5.46. The third kappa shape index (κ3) is 3.33. The molecule has 1 aliphatic heterocycles. The maximum atomic E-state index is 6.24. The van der Waals surface area contributed by atoms with E-state index in [0.717, 1.165) is 23.6 Å². The van der Waals surface area contributed by atoms with Crippen LogP contribution in [0.5, 0.6) is 0 Å². The molecular formula is C13H23IO2. The molecule has 0 bridgehead atoms. The van der Waals surface area contributed by atoms with Gasteiger partial charge in [0.1, 0.15) is 0 Å².